The Bertz CT molecular complexity index is 584. The van der Waals surface area contributed by atoms with Crippen molar-refractivity contribution in [3.8, 4) is 11.5 Å². The lowest BCUT2D eigenvalue weighted by Crippen LogP contribution is -1.94. The number of benzene rings is 2. The molecule has 19 heavy (non-hydrogen) atoms. The van der Waals surface area contributed by atoms with Gasteiger partial charge >= 0.3 is 0 Å². The van der Waals surface area contributed by atoms with Crippen molar-refractivity contribution in [2.75, 3.05) is 0 Å². The molecule has 0 amide bonds. The normalized spacial score (nSPS) is 10.5. The molecule has 100 valence electrons. The van der Waals surface area contributed by atoms with Crippen LogP contribution in [0.15, 0.2) is 36.4 Å². The summed E-state index contributed by atoms with van der Waals surface area (Å²) in [5.41, 5.74) is 1.35. The molecule has 0 fully saturated rings. The molecule has 0 N–H and O–H groups in total. The Morgan fingerprint density at radius 1 is 1.21 bits per heavy atom. The molecule has 0 unspecified atom stereocenters. The van der Waals surface area contributed by atoms with Crippen LogP contribution in [0.25, 0.3) is 0 Å². The maximum Gasteiger partial charge on any atom is 0.134 e. The number of ether oxygens (including phenoxy) is 1. The van der Waals surface area contributed by atoms with Gasteiger partial charge in [0.1, 0.15) is 17.3 Å². The van der Waals surface area contributed by atoms with E-state index in [-0.39, 0.29) is 11.7 Å². The highest BCUT2D eigenvalue weighted by Gasteiger charge is 2.10. The number of halogens is 3. The summed E-state index contributed by atoms with van der Waals surface area (Å²) in [6, 6.07) is 10.0. The molecule has 2 aromatic rings. The zero-order chi connectivity index (χ0) is 13.8. The van der Waals surface area contributed by atoms with Crippen molar-refractivity contribution in [1.82, 2.24) is 0 Å². The summed E-state index contributed by atoms with van der Waals surface area (Å²) in [4.78, 5) is 0. The van der Waals surface area contributed by atoms with Gasteiger partial charge in [0.2, 0.25) is 0 Å². The van der Waals surface area contributed by atoms with Gasteiger partial charge in [-0.25, -0.2) is 4.39 Å². The Kier molecular flexibility index (Phi) is 4.67. The lowest BCUT2D eigenvalue weighted by molar-refractivity contribution is 0.470. The van der Waals surface area contributed by atoms with Crippen molar-refractivity contribution < 1.29 is 9.13 Å². The molecule has 0 aromatic heterocycles. The highest BCUT2D eigenvalue weighted by atomic mass is 35.5. The van der Waals surface area contributed by atoms with Crippen molar-refractivity contribution in [2.24, 2.45) is 0 Å². The third-order valence-corrected chi connectivity index (χ3v) is 3.47. The lowest BCUT2D eigenvalue weighted by atomic mass is 10.1. The number of hydrogen-bond acceptors (Lipinski definition) is 1. The number of alkyl halides is 1. The molecule has 0 bridgehead atoms. The third-order valence-electron chi connectivity index (χ3n) is 2.84. The quantitative estimate of drug-likeness (QED) is 0.670. The monoisotopic (exact) mass is 298 g/mol. The van der Waals surface area contributed by atoms with Crippen molar-refractivity contribution in [3.63, 3.8) is 0 Å². The summed E-state index contributed by atoms with van der Waals surface area (Å²) in [5, 5.41) is 0.701. The molecule has 0 saturated carbocycles. The van der Waals surface area contributed by atoms with E-state index >= 15 is 0 Å². The molecule has 0 spiro atoms. The first-order valence-electron chi connectivity index (χ1n) is 5.95. The topological polar surface area (TPSA) is 9.23 Å². The summed E-state index contributed by atoms with van der Waals surface area (Å²) in [6.45, 7) is 2.01. The van der Waals surface area contributed by atoms with E-state index in [1.54, 1.807) is 24.3 Å². The first kappa shape index (κ1) is 14.2. The first-order chi connectivity index (χ1) is 9.15. The van der Waals surface area contributed by atoms with E-state index in [9.17, 15) is 4.39 Å². The van der Waals surface area contributed by atoms with Crippen LogP contribution in [0.3, 0.4) is 0 Å². The van der Waals surface area contributed by atoms with Gasteiger partial charge in [0.05, 0.1) is 5.88 Å². The molecule has 2 rings (SSSR count). The van der Waals surface area contributed by atoms with E-state index in [2.05, 4.69) is 0 Å². The van der Waals surface area contributed by atoms with Crippen LogP contribution < -0.4 is 4.74 Å². The van der Waals surface area contributed by atoms with Gasteiger partial charge in [0.15, 0.2) is 0 Å². The summed E-state index contributed by atoms with van der Waals surface area (Å²) in [7, 11) is 0. The minimum absolute atomic E-state index is 0.0657. The predicted octanol–water partition coefficient (Wildman–Crippen LogP) is 5.57. The number of hydrogen-bond donors (Lipinski definition) is 0. The van der Waals surface area contributed by atoms with Gasteiger partial charge in [-0.1, -0.05) is 24.6 Å². The Morgan fingerprint density at radius 2 is 2.00 bits per heavy atom. The summed E-state index contributed by atoms with van der Waals surface area (Å²) in [5.74, 6) is 0.755. The third kappa shape index (κ3) is 3.20. The fraction of sp³-hybridized carbons (Fsp3) is 0.200. The van der Waals surface area contributed by atoms with E-state index in [1.807, 2.05) is 13.0 Å². The molecule has 1 nitrogen and oxygen atoms in total. The van der Waals surface area contributed by atoms with Crippen molar-refractivity contribution in [2.45, 2.75) is 19.2 Å². The van der Waals surface area contributed by atoms with E-state index in [0.29, 0.717) is 22.1 Å². The number of rotatable bonds is 4. The average molecular weight is 299 g/mol. The van der Waals surface area contributed by atoms with E-state index in [4.69, 9.17) is 27.9 Å². The highest BCUT2D eigenvalue weighted by Crippen LogP contribution is 2.30. The zero-order valence-corrected chi connectivity index (χ0v) is 11.9. The molecule has 0 aliphatic carbocycles. The standard InChI is InChI=1S/C15H13Cl2FO/c1-2-10-8-11(6-7-13(10)17)19-15-5-3-4-14(18)12(15)9-16/h3-8H,2,9H2,1H3. The second-order valence-corrected chi connectivity index (χ2v) is 4.73. The van der Waals surface area contributed by atoms with Crippen LogP contribution >= 0.6 is 23.2 Å². The van der Waals surface area contributed by atoms with Crippen LogP contribution in [0.1, 0.15) is 18.1 Å². The Morgan fingerprint density at radius 3 is 2.68 bits per heavy atom. The maximum absolute atomic E-state index is 13.6. The van der Waals surface area contributed by atoms with Crippen LogP contribution in [-0.4, -0.2) is 0 Å². The Labute approximate surface area is 121 Å². The van der Waals surface area contributed by atoms with Crippen molar-refractivity contribution >= 4 is 23.2 Å². The van der Waals surface area contributed by atoms with Crippen molar-refractivity contribution in [3.05, 3.63) is 58.4 Å². The summed E-state index contributed by atoms with van der Waals surface area (Å²) < 4.78 is 19.3. The van der Waals surface area contributed by atoms with Crippen LogP contribution in [0.5, 0.6) is 11.5 Å². The molecule has 2 aromatic carbocycles. The Balaban J connectivity index is 2.33. The summed E-state index contributed by atoms with van der Waals surface area (Å²) in [6.07, 6.45) is 0.807. The van der Waals surface area contributed by atoms with Crippen molar-refractivity contribution in [1.29, 1.82) is 0 Å². The lowest BCUT2D eigenvalue weighted by Gasteiger charge is -2.11. The first-order valence-corrected chi connectivity index (χ1v) is 6.86. The van der Waals surface area contributed by atoms with Crippen LogP contribution in [0.2, 0.25) is 5.02 Å². The van der Waals surface area contributed by atoms with Gasteiger partial charge in [-0.15, -0.1) is 11.6 Å². The van der Waals surface area contributed by atoms with E-state index in [0.717, 1.165) is 12.0 Å². The molecular weight excluding hydrogens is 286 g/mol. The fourth-order valence-corrected chi connectivity index (χ4v) is 2.29. The average Bonchev–Trinajstić information content (AvgIpc) is 2.41. The maximum atomic E-state index is 13.6. The fourth-order valence-electron chi connectivity index (χ4n) is 1.78. The molecule has 0 aliphatic rings. The van der Waals surface area contributed by atoms with Gasteiger partial charge in [-0.3, -0.25) is 0 Å². The molecular formula is C15H13Cl2FO. The molecule has 0 aliphatic heterocycles. The number of aryl methyl sites for hydroxylation is 1. The van der Waals surface area contributed by atoms with E-state index < -0.39 is 0 Å². The van der Waals surface area contributed by atoms with Gasteiger partial charge in [0, 0.05) is 10.6 Å². The van der Waals surface area contributed by atoms with Gasteiger partial charge in [-0.05, 0) is 42.3 Å². The minimum atomic E-state index is -0.364. The zero-order valence-electron chi connectivity index (χ0n) is 10.4. The molecule has 0 radical (unpaired) electrons. The SMILES string of the molecule is CCc1cc(Oc2cccc(F)c2CCl)ccc1Cl. The van der Waals surface area contributed by atoms with Crippen LogP contribution in [0.4, 0.5) is 4.39 Å². The molecule has 0 atom stereocenters. The Hall–Kier alpha value is -1.25. The predicted molar refractivity (Wildman–Crippen MR) is 76.9 cm³/mol. The second kappa shape index (κ2) is 6.27. The molecule has 0 saturated heterocycles. The van der Waals surface area contributed by atoms with Gasteiger partial charge in [0.25, 0.3) is 0 Å². The van der Waals surface area contributed by atoms with Crippen LogP contribution in [-0.2, 0) is 12.3 Å². The van der Waals surface area contributed by atoms with Gasteiger partial charge < -0.3 is 4.74 Å². The minimum Gasteiger partial charge on any atom is -0.457 e. The molecule has 4 heteroatoms. The van der Waals surface area contributed by atoms with Gasteiger partial charge in [-0.2, -0.15) is 0 Å². The molecule has 0 heterocycles. The smallest absolute Gasteiger partial charge is 0.134 e. The largest absolute Gasteiger partial charge is 0.457 e. The van der Waals surface area contributed by atoms with E-state index in [1.165, 1.54) is 6.07 Å². The summed E-state index contributed by atoms with van der Waals surface area (Å²) >= 11 is 11.8. The highest BCUT2D eigenvalue weighted by molar-refractivity contribution is 6.31. The second-order valence-electron chi connectivity index (χ2n) is 4.06. The van der Waals surface area contributed by atoms with Crippen LogP contribution in [0, 0.1) is 5.82 Å².